The number of thiophene rings is 1. The smallest absolute Gasteiger partial charge is 0.150 e. The van der Waals surface area contributed by atoms with Gasteiger partial charge in [-0.15, -0.1) is 22.7 Å². The van der Waals surface area contributed by atoms with Crippen LogP contribution in [-0.2, 0) is 0 Å². The van der Waals surface area contributed by atoms with Gasteiger partial charge in [0.25, 0.3) is 0 Å². The maximum absolute atomic E-state index is 9.72. The maximum atomic E-state index is 9.72. The lowest BCUT2D eigenvalue weighted by molar-refractivity contribution is 0.143. The second-order valence-electron chi connectivity index (χ2n) is 6.10. The van der Waals surface area contributed by atoms with Crippen LogP contribution in [0.1, 0.15) is 42.4 Å². The highest BCUT2D eigenvalue weighted by atomic mass is 32.1. The van der Waals surface area contributed by atoms with Crippen LogP contribution in [-0.4, -0.2) is 25.2 Å². The van der Waals surface area contributed by atoms with E-state index >= 15 is 0 Å². The molecule has 3 rings (SSSR count). The molecule has 0 amide bonds. The standard InChI is InChI=1S/C18H19N3OS2/c1-12(15-11-23-13(2)20-15)21-10-9-19-17(21)16-6-5-14(24-16)7-8-18(3,4)22/h5-6,9-12,22H,1-4H3/t12-/m0/s1. The summed E-state index contributed by atoms with van der Waals surface area (Å²) in [4.78, 5) is 11.1. The Hall–Kier alpha value is -1.94. The predicted molar refractivity (Wildman–Crippen MR) is 99.4 cm³/mol. The average molecular weight is 358 g/mol. The quantitative estimate of drug-likeness (QED) is 0.718. The number of imidazole rings is 1. The number of nitrogens with zero attached hydrogens (tertiary/aromatic N) is 3. The molecule has 0 aliphatic rings. The van der Waals surface area contributed by atoms with Crippen LogP contribution in [0, 0.1) is 18.8 Å². The number of thiazole rings is 1. The monoisotopic (exact) mass is 357 g/mol. The summed E-state index contributed by atoms with van der Waals surface area (Å²) in [6, 6.07) is 4.12. The van der Waals surface area contributed by atoms with E-state index in [4.69, 9.17) is 0 Å². The van der Waals surface area contributed by atoms with Crippen molar-refractivity contribution >= 4 is 22.7 Å². The molecule has 124 valence electrons. The molecule has 0 radical (unpaired) electrons. The Kier molecular flexibility index (Phi) is 4.59. The van der Waals surface area contributed by atoms with Crippen molar-refractivity contribution in [3.63, 3.8) is 0 Å². The minimum absolute atomic E-state index is 0.125. The zero-order chi connectivity index (χ0) is 17.3. The van der Waals surface area contributed by atoms with Crippen molar-refractivity contribution in [3.8, 4) is 22.5 Å². The molecular formula is C18H19N3OS2. The van der Waals surface area contributed by atoms with Gasteiger partial charge in [0.15, 0.2) is 5.82 Å². The normalized spacial score (nSPS) is 12.7. The van der Waals surface area contributed by atoms with Gasteiger partial charge in [-0.25, -0.2) is 9.97 Å². The van der Waals surface area contributed by atoms with E-state index in [0.29, 0.717) is 0 Å². The number of aliphatic hydroxyl groups is 1. The molecule has 0 saturated heterocycles. The van der Waals surface area contributed by atoms with Crippen LogP contribution in [0.2, 0.25) is 0 Å². The minimum atomic E-state index is -0.986. The zero-order valence-corrected chi connectivity index (χ0v) is 15.7. The average Bonchev–Trinajstić information content (AvgIpc) is 3.23. The van der Waals surface area contributed by atoms with Gasteiger partial charge in [-0.05, 0) is 39.8 Å². The summed E-state index contributed by atoms with van der Waals surface area (Å²) in [7, 11) is 0. The molecule has 0 bridgehead atoms. The Balaban J connectivity index is 1.90. The molecule has 3 heterocycles. The SMILES string of the molecule is Cc1nc([C@H](C)n2ccnc2-c2ccc(C#CC(C)(C)O)s2)cs1. The molecule has 1 atom stereocenters. The summed E-state index contributed by atoms with van der Waals surface area (Å²) in [6.07, 6.45) is 3.80. The summed E-state index contributed by atoms with van der Waals surface area (Å²) in [6.45, 7) is 7.50. The van der Waals surface area contributed by atoms with E-state index in [1.54, 1.807) is 36.5 Å². The molecule has 3 aromatic heterocycles. The highest BCUT2D eigenvalue weighted by Crippen LogP contribution is 2.30. The van der Waals surface area contributed by atoms with Crippen LogP contribution in [0.25, 0.3) is 10.7 Å². The first-order valence-corrected chi connectivity index (χ1v) is 9.34. The fourth-order valence-corrected chi connectivity index (χ4v) is 3.83. The third-order valence-electron chi connectivity index (χ3n) is 3.47. The molecular weight excluding hydrogens is 338 g/mol. The molecule has 0 spiro atoms. The summed E-state index contributed by atoms with van der Waals surface area (Å²) in [5.41, 5.74) is 0.0648. The minimum Gasteiger partial charge on any atom is -0.378 e. The van der Waals surface area contributed by atoms with Crippen LogP contribution in [0.4, 0.5) is 0 Å². The molecule has 4 nitrogen and oxygen atoms in total. The van der Waals surface area contributed by atoms with Gasteiger partial charge in [0.1, 0.15) is 5.60 Å². The van der Waals surface area contributed by atoms with E-state index in [2.05, 4.69) is 38.7 Å². The van der Waals surface area contributed by atoms with Gasteiger partial charge in [0.05, 0.1) is 26.5 Å². The van der Waals surface area contributed by atoms with Gasteiger partial charge in [0.2, 0.25) is 0 Å². The molecule has 0 aromatic carbocycles. The third-order valence-corrected chi connectivity index (χ3v) is 5.26. The summed E-state index contributed by atoms with van der Waals surface area (Å²) in [5.74, 6) is 6.78. The third kappa shape index (κ3) is 3.75. The van der Waals surface area contributed by atoms with Crippen LogP contribution in [0.5, 0.6) is 0 Å². The first-order chi connectivity index (χ1) is 11.3. The Bertz CT molecular complexity index is 902. The van der Waals surface area contributed by atoms with Crippen molar-refractivity contribution in [2.75, 3.05) is 0 Å². The molecule has 0 saturated carbocycles. The van der Waals surface area contributed by atoms with Gasteiger partial charge in [-0.2, -0.15) is 0 Å². The van der Waals surface area contributed by atoms with Crippen LogP contribution < -0.4 is 0 Å². The summed E-state index contributed by atoms with van der Waals surface area (Å²) < 4.78 is 2.13. The Morgan fingerprint density at radius 1 is 1.33 bits per heavy atom. The first-order valence-electron chi connectivity index (χ1n) is 7.64. The zero-order valence-electron chi connectivity index (χ0n) is 14.1. The van der Waals surface area contributed by atoms with Crippen molar-refractivity contribution in [1.82, 2.24) is 14.5 Å². The molecule has 6 heteroatoms. The topological polar surface area (TPSA) is 50.9 Å². The lowest BCUT2D eigenvalue weighted by atomic mass is 10.1. The number of hydrogen-bond donors (Lipinski definition) is 1. The Morgan fingerprint density at radius 3 is 2.79 bits per heavy atom. The van der Waals surface area contributed by atoms with Crippen molar-refractivity contribution in [1.29, 1.82) is 0 Å². The van der Waals surface area contributed by atoms with E-state index in [0.717, 1.165) is 26.3 Å². The molecule has 0 fully saturated rings. The molecule has 0 aliphatic heterocycles. The Morgan fingerprint density at radius 2 is 2.12 bits per heavy atom. The second kappa shape index (κ2) is 6.52. The van der Waals surface area contributed by atoms with E-state index in [1.165, 1.54) is 0 Å². The number of rotatable bonds is 3. The van der Waals surface area contributed by atoms with Gasteiger partial charge >= 0.3 is 0 Å². The largest absolute Gasteiger partial charge is 0.378 e. The molecule has 0 aliphatic carbocycles. The highest BCUT2D eigenvalue weighted by Gasteiger charge is 2.17. The van der Waals surface area contributed by atoms with E-state index < -0.39 is 5.60 Å². The van der Waals surface area contributed by atoms with Gasteiger partial charge < -0.3 is 9.67 Å². The molecule has 3 aromatic rings. The van der Waals surface area contributed by atoms with E-state index in [9.17, 15) is 5.11 Å². The molecule has 0 unspecified atom stereocenters. The lowest BCUT2D eigenvalue weighted by Crippen LogP contribution is -2.14. The predicted octanol–water partition coefficient (Wildman–Crippen LogP) is 4.11. The Labute approximate surface area is 149 Å². The van der Waals surface area contributed by atoms with Crippen LogP contribution >= 0.6 is 22.7 Å². The lowest BCUT2D eigenvalue weighted by Gasteiger charge is -2.13. The molecule has 1 N–H and O–H groups in total. The first kappa shape index (κ1) is 16.9. The highest BCUT2D eigenvalue weighted by molar-refractivity contribution is 7.15. The fourth-order valence-electron chi connectivity index (χ4n) is 2.27. The fraction of sp³-hybridized carbons (Fsp3) is 0.333. The number of aromatic nitrogens is 3. The number of hydrogen-bond acceptors (Lipinski definition) is 5. The van der Waals surface area contributed by atoms with Gasteiger partial charge in [-0.1, -0.05) is 11.8 Å². The maximum Gasteiger partial charge on any atom is 0.150 e. The van der Waals surface area contributed by atoms with E-state index in [1.807, 2.05) is 31.5 Å². The van der Waals surface area contributed by atoms with Crippen molar-refractivity contribution in [2.45, 2.75) is 39.3 Å². The van der Waals surface area contributed by atoms with Crippen molar-refractivity contribution in [3.05, 3.63) is 45.5 Å². The van der Waals surface area contributed by atoms with Gasteiger partial charge in [-0.3, -0.25) is 0 Å². The van der Waals surface area contributed by atoms with E-state index in [-0.39, 0.29) is 6.04 Å². The second-order valence-corrected chi connectivity index (χ2v) is 8.24. The summed E-state index contributed by atoms with van der Waals surface area (Å²) in [5, 5.41) is 12.9. The van der Waals surface area contributed by atoms with Crippen LogP contribution in [0.3, 0.4) is 0 Å². The van der Waals surface area contributed by atoms with Gasteiger partial charge in [0, 0.05) is 17.8 Å². The van der Waals surface area contributed by atoms with Crippen LogP contribution in [0.15, 0.2) is 29.9 Å². The molecule has 24 heavy (non-hydrogen) atoms. The number of aryl methyl sites for hydroxylation is 1. The summed E-state index contributed by atoms with van der Waals surface area (Å²) >= 11 is 3.24. The van der Waals surface area contributed by atoms with Crippen molar-refractivity contribution in [2.24, 2.45) is 0 Å². The van der Waals surface area contributed by atoms with Crippen molar-refractivity contribution < 1.29 is 5.11 Å².